The normalized spacial score (nSPS) is 15.3. The largest absolute Gasteiger partial charge is 0.478 e. The molecule has 6 nitrogen and oxygen atoms in total. The number of carboxylic acids is 1. The third kappa shape index (κ3) is 6.02. The van der Waals surface area contributed by atoms with Gasteiger partial charge in [-0.05, 0) is 90.8 Å². The van der Waals surface area contributed by atoms with Crippen LogP contribution in [0.25, 0.3) is 11.3 Å². The van der Waals surface area contributed by atoms with Gasteiger partial charge >= 0.3 is 5.97 Å². The van der Waals surface area contributed by atoms with Crippen LogP contribution in [0.4, 0.5) is 10.7 Å². The first-order chi connectivity index (χ1) is 19.0. The Bertz CT molecular complexity index is 1610. The van der Waals surface area contributed by atoms with E-state index in [2.05, 4.69) is 26.1 Å². The lowest BCUT2D eigenvalue weighted by molar-refractivity contribution is 0.0697. The molecule has 2 heterocycles. The molecule has 0 radical (unpaired) electrons. The molecule has 0 bridgehead atoms. The van der Waals surface area contributed by atoms with Crippen molar-refractivity contribution in [1.29, 1.82) is 0 Å². The van der Waals surface area contributed by atoms with Gasteiger partial charge in [-0.2, -0.15) is 0 Å². The smallest absolute Gasteiger partial charge is 0.337 e. The van der Waals surface area contributed by atoms with Crippen molar-refractivity contribution < 1.29 is 19.1 Å². The van der Waals surface area contributed by atoms with E-state index in [1.165, 1.54) is 17.0 Å². The molecule has 0 aliphatic heterocycles. The maximum atomic E-state index is 13.6. The molecule has 40 heavy (non-hydrogen) atoms. The van der Waals surface area contributed by atoms with E-state index in [1.54, 1.807) is 60.0 Å². The summed E-state index contributed by atoms with van der Waals surface area (Å²) in [6.07, 6.45) is 4.33. The first kappa shape index (κ1) is 28.1. The van der Waals surface area contributed by atoms with Crippen molar-refractivity contribution in [2.45, 2.75) is 40.0 Å². The van der Waals surface area contributed by atoms with Gasteiger partial charge in [-0.3, -0.25) is 4.79 Å². The Balaban J connectivity index is 1.46. The number of amides is 1. The minimum Gasteiger partial charge on any atom is -0.478 e. The summed E-state index contributed by atoms with van der Waals surface area (Å²) in [5.41, 5.74) is 3.07. The SMILES string of the molecule is CC(C)(C)[C@@H]1CCc2c(sc(N=Cc3ccc(-c4ccc(Cl)c(C(=O)O)c4)o3)c2C(=O)Nc2ccc(Cl)cc2)C1. The molecule has 2 aromatic carbocycles. The second kappa shape index (κ2) is 11.2. The molecule has 1 atom stereocenters. The molecule has 1 aliphatic carbocycles. The lowest BCUT2D eigenvalue weighted by Gasteiger charge is -2.33. The molecule has 1 amide bonds. The Morgan fingerprint density at radius 1 is 1.10 bits per heavy atom. The maximum absolute atomic E-state index is 13.6. The van der Waals surface area contributed by atoms with E-state index in [4.69, 9.17) is 32.6 Å². The number of thiophene rings is 1. The van der Waals surface area contributed by atoms with Crippen LogP contribution in [-0.2, 0) is 12.8 Å². The number of halogens is 2. The van der Waals surface area contributed by atoms with Crippen molar-refractivity contribution in [2.75, 3.05) is 5.32 Å². The van der Waals surface area contributed by atoms with E-state index in [0.717, 1.165) is 24.8 Å². The molecular formula is C31H28Cl2N2O4S. The van der Waals surface area contributed by atoms with Gasteiger partial charge in [0.05, 0.1) is 22.4 Å². The van der Waals surface area contributed by atoms with Crippen molar-refractivity contribution in [3.8, 4) is 11.3 Å². The van der Waals surface area contributed by atoms with Crippen LogP contribution in [0.3, 0.4) is 0 Å². The molecule has 0 unspecified atom stereocenters. The van der Waals surface area contributed by atoms with Gasteiger partial charge in [0, 0.05) is 21.2 Å². The Hall–Kier alpha value is -3.39. The summed E-state index contributed by atoms with van der Waals surface area (Å²) in [5.74, 6) is 0.165. The number of hydrogen-bond donors (Lipinski definition) is 2. The first-order valence-corrected chi connectivity index (χ1v) is 14.5. The highest BCUT2D eigenvalue weighted by Crippen LogP contribution is 2.45. The number of anilines is 1. The van der Waals surface area contributed by atoms with E-state index in [9.17, 15) is 14.7 Å². The van der Waals surface area contributed by atoms with Crippen LogP contribution in [0.2, 0.25) is 10.0 Å². The molecule has 0 saturated carbocycles. The number of carbonyl (C=O) groups excluding carboxylic acids is 1. The van der Waals surface area contributed by atoms with Crippen LogP contribution in [0.15, 0.2) is 64.0 Å². The van der Waals surface area contributed by atoms with Gasteiger partial charge in [-0.1, -0.05) is 44.0 Å². The molecule has 9 heteroatoms. The minimum absolute atomic E-state index is 0.000137. The lowest BCUT2D eigenvalue weighted by atomic mass is 9.72. The fourth-order valence-electron chi connectivity index (χ4n) is 4.90. The van der Waals surface area contributed by atoms with Crippen molar-refractivity contribution in [2.24, 2.45) is 16.3 Å². The van der Waals surface area contributed by atoms with Crippen LogP contribution in [0.5, 0.6) is 0 Å². The molecular weight excluding hydrogens is 567 g/mol. The summed E-state index contributed by atoms with van der Waals surface area (Å²) < 4.78 is 5.94. The third-order valence-corrected chi connectivity index (χ3v) is 8.96. The van der Waals surface area contributed by atoms with Crippen LogP contribution >= 0.6 is 34.5 Å². The highest BCUT2D eigenvalue weighted by atomic mass is 35.5. The first-order valence-electron chi connectivity index (χ1n) is 12.9. The Labute approximate surface area is 246 Å². The molecule has 0 saturated heterocycles. The van der Waals surface area contributed by atoms with Gasteiger partial charge in [-0.25, -0.2) is 9.79 Å². The molecule has 0 fully saturated rings. The van der Waals surface area contributed by atoms with E-state index < -0.39 is 5.97 Å². The lowest BCUT2D eigenvalue weighted by Crippen LogP contribution is -2.27. The van der Waals surface area contributed by atoms with Crippen molar-refractivity contribution >= 4 is 63.3 Å². The number of rotatable bonds is 6. The van der Waals surface area contributed by atoms with E-state index >= 15 is 0 Å². The van der Waals surface area contributed by atoms with Crippen molar-refractivity contribution in [3.05, 3.63) is 92.0 Å². The topological polar surface area (TPSA) is 91.9 Å². The second-order valence-electron chi connectivity index (χ2n) is 10.9. The van der Waals surface area contributed by atoms with E-state index in [0.29, 0.717) is 44.3 Å². The summed E-state index contributed by atoms with van der Waals surface area (Å²) in [4.78, 5) is 30.9. The van der Waals surface area contributed by atoms with E-state index in [1.807, 2.05) is 0 Å². The number of carboxylic acid groups (broad SMARTS) is 1. The van der Waals surface area contributed by atoms with Gasteiger partial charge in [-0.15, -0.1) is 11.3 Å². The summed E-state index contributed by atoms with van der Waals surface area (Å²) in [6.45, 7) is 6.79. The Morgan fingerprint density at radius 3 is 2.55 bits per heavy atom. The fraction of sp³-hybridized carbons (Fsp3) is 0.258. The number of aromatic carboxylic acids is 1. The predicted octanol–water partition coefficient (Wildman–Crippen LogP) is 9.17. The fourth-order valence-corrected chi connectivity index (χ4v) is 6.50. The predicted molar refractivity (Wildman–Crippen MR) is 162 cm³/mol. The second-order valence-corrected chi connectivity index (χ2v) is 12.8. The average Bonchev–Trinajstić information content (AvgIpc) is 3.52. The van der Waals surface area contributed by atoms with Gasteiger partial charge in [0.2, 0.25) is 0 Å². The number of aliphatic imine (C=N–C) groups is 1. The molecule has 206 valence electrons. The number of hydrogen-bond acceptors (Lipinski definition) is 5. The molecule has 1 aliphatic rings. The standard InChI is InChI=1S/C31H28Cl2N2O4S/c1-31(2,3)18-5-11-22-26(15-18)40-29(27(22)28(36)35-20-8-6-19(32)7-9-20)34-16-21-10-13-25(39-21)17-4-12-24(33)23(14-17)30(37)38/h4,6-10,12-14,16,18H,5,11,15H2,1-3H3,(H,35,36)(H,37,38)/t18-/m1/s1. The van der Waals surface area contributed by atoms with Crippen LogP contribution in [0.1, 0.15) is 64.1 Å². The number of fused-ring (bicyclic) bond motifs is 1. The third-order valence-electron chi connectivity index (χ3n) is 7.22. The van der Waals surface area contributed by atoms with Gasteiger partial charge < -0.3 is 14.8 Å². The van der Waals surface area contributed by atoms with Crippen LogP contribution < -0.4 is 5.32 Å². The number of furan rings is 1. The molecule has 2 N–H and O–H groups in total. The number of benzene rings is 2. The van der Waals surface area contributed by atoms with Crippen molar-refractivity contribution in [1.82, 2.24) is 0 Å². The monoisotopic (exact) mass is 594 g/mol. The maximum Gasteiger partial charge on any atom is 0.337 e. The zero-order valence-corrected chi connectivity index (χ0v) is 24.6. The molecule has 4 aromatic rings. The van der Waals surface area contributed by atoms with Gasteiger partial charge in [0.1, 0.15) is 16.5 Å². The van der Waals surface area contributed by atoms with E-state index in [-0.39, 0.29) is 21.9 Å². The minimum atomic E-state index is -1.11. The quantitative estimate of drug-likeness (QED) is 0.218. The van der Waals surface area contributed by atoms with Crippen molar-refractivity contribution in [3.63, 3.8) is 0 Å². The average molecular weight is 596 g/mol. The zero-order chi connectivity index (χ0) is 28.6. The summed E-state index contributed by atoms with van der Waals surface area (Å²) in [5, 5.41) is 13.8. The highest BCUT2D eigenvalue weighted by Gasteiger charge is 2.33. The van der Waals surface area contributed by atoms with Gasteiger partial charge in [0.15, 0.2) is 0 Å². The highest BCUT2D eigenvalue weighted by molar-refractivity contribution is 7.16. The Kier molecular flexibility index (Phi) is 7.91. The summed E-state index contributed by atoms with van der Waals surface area (Å²) >= 11 is 13.6. The Morgan fingerprint density at radius 2 is 1.85 bits per heavy atom. The molecule has 0 spiro atoms. The molecule has 5 rings (SSSR count). The number of nitrogens with one attached hydrogen (secondary N) is 1. The summed E-state index contributed by atoms with van der Waals surface area (Å²) in [7, 11) is 0. The number of carbonyl (C=O) groups is 2. The van der Waals surface area contributed by atoms with Gasteiger partial charge in [0.25, 0.3) is 5.91 Å². The molecule has 2 aromatic heterocycles. The summed E-state index contributed by atoms with van der Waals surface area (Å²) in [6, 6.07) is 15.2. The van der Waals surface area contributed by atoms with Crippen LogP contribution in [-0.4, -0.2) is 23.2 Å². The van der Waals surface area contributed by atoms with Crippen LogP contribution in [0, 0.1) is 11.3 Å². The zero-order valence-electron chi connectivity index (χ0n) is 22.3. The number of nitrogens with zero attached hydrogens (tertiary/aromatic N) is 1.